The van der Waals surface area contributed by atoms with Gasteiger partial charge in [-0.2, -0.15) is 0 Å². The molecular formula is C12H19NO. The SMILES string of the molecule is CNCC(C)(C)COc1ccccc1. The summed E-state index contributed by atoms with van der Waals surface area (Å²) in [4.78, 5) is 0. The van der Waals surface area contributed by atoms with Crippen LogP contribution in [-0.2, 0) is 0 Å². The first kappa shape index (κ1) is 11.1. The van der Waals surface area contributed by atoms with E-state index in [-0.39, 0.29) is 5.41 Å². The second-order valence-electron chi connectivity index (χ2n) is 4.30. The Morgan fingerprint density at radius 3 is 2.43 bits per heavy atom. The molecule has 0 saturated heterocycles. The molecule has 1 N–H and O–H groups in total. The molecule has 0 unspecified atom stereocenters. The van der Waals surface area contributed by atoms with Crippen LogP contribution in [0.2, 0.25) is 0 Å². The number of para-hydroxylation sites is 1. The average molecular weight is 193 g/mol. The van der Waals surface area contributed by atoms with E-state index in [1.165, 1.54) is 0 Å². The van der Waals surface area contributed by atoms with Crippen molar-refractivity contribution >= 4 is 0 Å². The van der Waals surface area contributed by atoms with Gasteiger partial charge in [0.25, 0.3) is 0 Å². The highest BCUT2D eigenvalue weighted by atomic mass is 16.5. The maximum Gasteiger partial charge on any atom is 0.119 e. The molecule has 0 amide bonds. The Morgan fingerprint density at radius 1 is 1.21 bits per heavy atom. The van der Waals surface area contributed by atoms with Crippen LogP contribution in [0, 0.1) is 5.41 Å². The molecule has 0 bridgehead atoms. The van der Waals surface area contributed by atoms with Gasteiger partial charge in [-0.25, -0.2) is 0 Å². The summed E-state index contributed by atoms with van der Waals surface area (Å²) in [5.41, 5.74) is 0.171. The van der Waals surface area contributed by atoms with Crippen LogP contribution in [0.5, 0.6) is 5.75 Å². The molecule has 78 valence electrons. The number of rotatable bonds is 5. The molecule has 2 nitrogen and oxygen atoms in total. The molecule has 0 spiro atoms. The fourth-order valence-corrected chi connectivity index (χ4v) is 1.33. The number of nitrogens with one attached hydrogen (secondary N) is 1. The molecule has 14 heavy (non-hydrogen) atoms. The van der Waals surface area contributed by atoms with Gasteiger partial charge >= 0.3 is 0 Å². The third-order valence-electron chi connectivity index (χ3n) is 2.03. The summed E-state index contributed by atoms with van der Waals surface area (Å²) < 4.78 is 5.68. The van der Waals surface area contributed by atoms with Crippen molar-refractivity contribution in [3.8, 4) is 5.75 Å². The molecule has 0 fully saturated rings. The van der Waals surface area contributed by atoms with Gasteiger partial charge in [-0.15, -0.1) is 0 Å². The molecule has 0 aromatic heterocycles. The van der Waals surface area contributed by atoms with Crippen LogP contribution in [0.4, 0.5) is 0 Å². The molecule has 0 saturated carbocycles. The molecule has 1 aromatic rings. The third kappa shape index (κ3) is 3.79. The van der Waals surface area contributed by atoms with E-state index in [2.05, 4.69) is 19.2 Å². The summed E-state index contributed by atoms with van der Waals surface area (Å²) in [6.45, 7) is 6.07. The van der Waals surface area contributed by atoms with Gasteiger partial charge in [0.1, 0.15) is 5.75 Å². The van der Waals surface area contributed by atoms with Gasteiger partial charge in [0.2, 0.25) is 0 Å². The van der Waals surface area contributed by atoms with E-state index in [1.54, 1.807) is 0 Å². The molecule has 2 heteroatoms. The van der Waals surface area contributed by atoms with Crippen LogP contribution in [-0.4, -0.2) is 20.2 Å². The standard InChI is InChI=1S/C12H19NO/c1-12(2,9-13-3)10-14-11-7-5-4-6-8-11/h4-8,13H,9-10H2,1-3H3. The van der Waals surface area contributed by atoms with Crippen molar-refractivity contribution < 1.29 is 4.74 Å². The van der Waals surface area contributed by atoms with Crippen molar-refractivity contribution in [2.24, 2.45) is 5.41 Å². The number of benzene rings is 1. The van der Waals surface area contributed by atoms with Crippen molar-refractivity contribution in [1.29, 1.82) is 0 Å². The molecule has 0 aliphatic heterocycles. The number of hydrogen-bond donors (Lipinski definition) is 1. The van der Waals surface area contributed by atoms with Gasteiger partial charge in [0.05, 0.1) is 6.61 Å². The van der Waals surface area contributed by atoms with Crippen LogP contribution in [0.1, 0.15) is 13.8 Å². The lowest BCUT2D eigenvalue weighted by Gasteiger charge is -2.24. The fourth-order valence-electron chi connectivity index (χ4n) is 1.33. The monoisotopic (exact) mass is 193 g/mol. The Hall–Kier alpha value is -1.02. The minimum absolute atomic E-state index is 0.171. The van der Waals surface area contributed by atoms with E-state index in [4.69, 9.17) is 4.74 Å². The first-order valence-electron chi connectivity index (χ1n) is 4.96. The summed E-state index contributed by atoms with van der Waals surface area (Å²) in [7, 11) is 1.96. The zero-order chi connectivity index (χ0) is 10.4. The van der Waals surface area contributed by atoms with E-state index in [1.807, 2.05) is 37.4 Å². The molecule has 0 heterocycles. The zero-order valence-corrected chi connectivity index (χ0v) is 9.21. The average Bonchev–Trinajstić information content (AvgIpc) is 2.17. The van der Waals surface area contributed by atoms with Gasteiger partial charge in [-0.05, 0) is 19.2 Å². The predicted octanol–water partition coefficient (Wildman–Crippen LogP) is 2.31. The fraction of sp³-hybridized carbons (Fsp3) is 0.500. The molecule has 0 aliphatic carbocycles. The van der Waals surface area contributed by atoms with Gasteiger partial charge in [-0.3, -0.25) is 0 Å². The van der Waals surface area contributed by atoms with Crippen LogP contribution < -0.4 is 10.1 Å². The second-order valence-corrected chi connectivity index (χ2v) is 4.30. The molecule has 0 radical (unpaired) electrons. The Morgan fingerprint density at radius 2 is 1.86 bits per heavy atom. The Labute approximate surface area is 86.3 Å². The Bertz CT molecular complexity index is 256. The van der Waals surface area contributed by atoms with E-state index in [9.17, 15) is 0 Å². The first-order chi connectivity index (χ1) is 6.64. The Kier molecular flexibility index (Phi) is 3.96. The third-order valence-corrected chi connectivity index (χ3v) is 2.03. The van der Waals surface area contributed by atoms with E-state index >= 15 is 0 Å². The number of hydrogen-bond acceptors (Lipinski definition) is 2. The first-order valence-corrected chi connectivity index (χ1v) is 4.96. The molecule has 0 aliphatic rings. The maximum absolute atomic E-state index is 5.68. The molecule has 1 aromatic carbocycles. The smallest absolute Gasteiger partial charge is 0.119 e. The van der Waals surface area contributed by atoms with Crippen molar-refractivity contribution in [2.45, 2.75) is 13.8 Å². The topological polar surface area (TPSA) is 21.3 Å². The van der Waals surface area contributed by atoms with Gasteiger partial charge in [0, 0.05) is 12.0 Å². The molecule has 1 rings (SSSR count). The summed E-state index contributed by atoms with van der Waals surface area (Å²) in [5, 5.41) is 3.16. The minimum atomic E-state index is 0.171. The van der Waals surface area contributed by atoms with E-state index < -0.39 is 0 Å². The summed E-state index contributed by atoms with van der Waals surface area (Å²) >= 11 is 0. The van der Waals surface area contributed by atoms with Crippen molar-refractivity contribution in [1.82, 2.24) is 5.32 Å². The highest BCUT2D eigenvalue weighted by Gasteiger charge is 2.17. The van der Waals surface area contributed by atoms with Crippen LogP contribution >= 0.6 is 0 Å². The van der Waals surface area contributed by atoms with E-state index in [0.717, 1.165) is 18.9 Å². The Balaban J connectivity index is 2.40. The van der Waals surface area contributed by atoms with Crippen molar-refractivity contribution in [3.05, 3.63) is 30.3 Å². The van der Waals surface area contributed by atoms with Gasteiger partial charge in [-0.1, -0.05) is 32.0 Å². The largest absolute Gasteiger partial charge is 0.493 e. The zero-order valence-electron chi connectivity index (χ0n) is 9.21. The quantitative estimate of drug-likeness (QED) is 0.774. The van der Waals surface area contributed by atoms with Crippen LogP contribution in [0.3, 0.4) is 0 Å². The lowest BCUT2D eigenvalue weighted by atomic mass is 9.95. The highest BCUT2D eigenvalue weighted by molar-refractivity contribution is 5.20. The molecule has 0 atom stereocenters. The summed E-state index contributed by atoms with van der Waals surface area (Å²) in [6.07, 6.45) is 0. The van der Waals surface area contributed by atoms with Gasteiger partial charge in [0.15, 0.2) is 0 Å². The van der Waals surface area contributed by atoms with Crippen LogP contribution in [0.25, 0.3) is 0 Å². The van der Waals surface area contributed by atoms with Crippen molar-refractivity contribution in [3.63, 3.8) is 0 Å². The lowest BCUT2D eigenvalue weighted by molar-refractivity contribution is 0.179. The predicted molar refractivity (Wildman–Crippen MR) is 59.6 cm³/mol. The summed E-state index contributed by atoms with van der Waals surface area (Å²) in [6, 6.07) is 9.93. The second kappa shape index (κ2) is 5.01. The number of ether oxygens (including phenoxy) is 1. The molecular weight excluding hydrogens is 174 g/mol. The van der Waals surface area contributed by atoms with Gasteiger partial charge < -0.3 is 10.1 Å². The maximum atomic E-state index is 5.68. The minimum Gasteiger partial charge on any atom is -0.493 e. The van der Waals surface area contributed by atoms with E-state index in [0.29, 0.717) is 0 Å². The summed E-state index contributed by atoms with van der Waals surface area (Å²) in [5.74, 6) is 0.941. The normalized spacial score (nSPS) is 11.4. The van der Waals surface area contributed by atoms with Crippen LogP contribution in [0.15, 0.2) is 30.3 Å². The lowest BCUT2D eigenvalue weighted by Crippen LogP contribution is -2.32. The highest BCUT2D eigenvalue weighted by Crippen LogP contribution is 2.17. The van der Waals surface area contributed by atoms with Crippen molar-refractivity contribution in [2.75, 3.05) is 20.2 Å².